The first-order valence-corrected chi connectivity index (χ1v) is 12.2. The fourth-order valence-electron chi connectivity index (χ4n) is 5.33. The van der Waals surface area contributed by atoms with Crippen LogP contribution in [0.2, 0.25) is 0 Å². The van der Waals surface area contributed by atoms with Gasteiger partial charge in [-0.2, -0.15) is 5.10 Å². The highest BCUT2D eigenvalue weighted by atomic mass is 19.1. The number of hydrogen-bond donors (Lipinski definition) is 1. The maximum absolute atomic E-state index is 14.6. The van der Waals surface area contributed by atoms with Crippen LogP contribution in [0.5, 0.6) is 0 Å². The zero-order chi connectivity index (χ0) is 26.3. The molecule has 1 N–H and O–H groups in total. The molecule has 1 amide bonds. The van der Waals surface area contributed by atoms with Crippen molar-refractivity contribution in [3.05, 3.63) is 76.7 Å². The maximum Gasteiger partial charge on any atom is 0.272 e. The van der Waals surface area contributed by atoms with Gasteiger partial charge in [-0.15, -0.1) is 5.10 Å². The molecular formula is C28H32F2N4O2. The van der Waals surface area contributed by atoms with E-state index in [0.717, 1.165) is 18.4 Å². The van der Waals surface area contributed by atoms with E-state index >= 15 is 0 Å². The molecular weight excluding hydrogens is 462 g/mol. The molecule has 0 aliphatic heterocycles. The number of aliphatic hydroxyl groups excluding tert-OH is 1. The van der Waals surface area contributed by atoms with Crippen LogP contribution in [0.4, 0.5) is 8.78 Å². The summed E-state index contributed by atoms with van der Waals surface area (Å²) < 4.78 is 29.1. The van der Waals surface area contributed by atoms with Crippen molar-refractivity contribution in [3.8, 4) is 11.3 Å². The number of pyridine rings is 1. The summed E-state index contributed by atoms with van der Waals surface area (Å²) in [7, 11) is 1.62. The number of aromatic nitrogens is 3. The predicted octanol–water partition coefficient (Wildman–Crippen LogP) is 5.11. The molecule has 36 heavy (non-hydrogen) atoms. The van der Waals surface area contributed by atoms with Crippen molar-refractivity contribution >= 4 is 5.91 Å². The lowest BCUT2D eigenvalue weighted by Gasteiger charge is -2.50. The molecule has 1 aliphatic carbocycles. The molecule has 0 saturated heterocycles. The van der Waals surface area contributed by atoms with Crippen LogP contribution in [-0.4, -0.2) is 51.3 Å². The quantitative estimate of drug-likeness (QED) is 0.515. The molecule has 0 saturated carbocycles. The van der Waals surface area contributed by atoms with Gasteiger partial charge < -0.3 is 10.0 Å². The van der Waals surface area contributed by atoms with E-state index in [1.54, 1.807) is 25.2 Å². The first-order chi connectivity index (χ1) is 17.0. The molecule has 3 aromatic rings. The average molecular weight is 495 g/mol. The molecule has 6 nitrogen and oxygen atoms in total. The highest BCUT2D eigenvalue weighted by Gasteiger charge is 2.52. The Labute approximate surface area is 210 Å². The summed E-state index contributed by atoms with van der Waals surface area (Å²) >= 11 is 0. The van der Waals surface area contributed by atoms with E-state index in [1.165, 1.54) is 23.1 Å². The second-order valence-corrected chi connectivity index (χ2v) is 10.3. The summed E-state index contributed by atoms with van der Waals surface area (Å²) in [5.74, 6) is -1.54. The van der Waals surface area contributed by atoms with Crippen molar-refractivity contribution in [2.24, 2.45) is 5.41 Å². The zero-order valence-corrected chi connectivity index (χ0v) is 21.3. The Morgan fingerprint density at radius 2 is 1.78 bits per heavy atom. The van der Waals surface area contributed by atoms with Gasteiger partial charge in [0.25, 0.3) is 5.91 Å². The van der Waals surface area contributed by atoms with Gasteiger partial charge >= 0.3 is 0 Å². The second kappa shape index (κ2) is 9.65. The molecule has 8 heteroatoms. The molecule has 1 aromatic carbocycles. The number of amides is 1. The standard InChI is InChI=1S/C28H32F2N4O2/c1-6-17-16-27(2,3)28(4,23-12-8-11-21(31-23)26(36)34(5)13-14-35)25-18(17)15-22(32-33-25)24-19(29)9-7-10-20(24)30/h7-12,15,17,35H,6,13-14,16H2,1-5H3/t17-,28+/m1/s1. The molecule has 4 rings (SSSR count). The number of likely N-dealkylation sites (N-methyl/N-ethyl adjacent to an activating group) is 1. The van der Waals surface area contributed by atoms with Gasteiger partial charge in [-0.3, -0.25) is 4.79 Å². The predicted molar refractivity (Wildman–Crippen MR) is 134 cm³/mol. The van der Waals surface area contributed by atoms with E-state index in [9.17, 15) is 18.7 Å². The Kier molecular flexibility index (Phi) is 6.92. The fourth-order valence-corrected chi connectivity index (χ4v) is 5.33. The second-order valence-electron chi connectivity index (χ2n) is 10.3. The lowest BCUT2D eigenvalue weighted by molar-refractivity contribution is 0.0759. The summed E-state index contributed by atoms with van der Waals surface area (Å²) in [5, 5.41) is 18.1. The van der Waals surface area contributed by atoms with Crippen LogP contribution < -0.4 is 0 Å². The van der Waals surface area contributed by atoms with Crippen molar-refractivity contribution < 1.29 is 18.7 Å². The molecule has 0 bridgehead atoms. The third kappa shape index (κ3) is 4.17. The average Bonchev–Trinajstić information content (AvgIpc) is 2.85. The number of aliphatic hydroxyl groups is 1. The molecule has 2 atom stereocenters. The van der Waals surface area contributed by atoms with Crippen molar-refractivity contribution in [2.75, 3.05) is 20.2 Å². The van der Waals surface area contributed by atoms with Crippen molar-refractivity contribution in [2.45, 2.75) is 51.9 Å². The van der Waals surface area contributed by atoms with Crippen LogP contribution in [0.15, 0.2) is 42.5 Å². The van der Waals surface area contributed by atoms with Crippen LogP contribution >= 0.6 is 0 Å². The van der Waals surface area contributed by atoms with Crippen molar-refractivity contribution in [1.82, 2.24) is 20.1 Å². The highest BCUT2D eigenvalue weighted by Crippen LogP contribution is 2.56. The molecule has 2 heterocycles. The summed E-state index contributed by atoms with van der Waals surface area (Å²) in [6.07, 6.45) is 1.62. The van der Waals surface area contributed by atoms with Crippen LogP contribution in [0.1, 0.15) is 73.9 Å². The van der Waals surface area contributed by atoms with Crippen LogP contribution in [0.3, 0.4) is 0 Å². The normalized spacial score (nSPS) is 20.6. The number of benzene rings is 1. The fraction of sp³-hybridized carbons (Fsp3) is 0.429. The Morgan fingerprint density at radius 3 is 2.42 bits per heavy atom. The highest BCUT2D eigenvalue weighted by molar-refractivity contribution is 5.92. The number of carbonyl (C=O) groups excluding carboxylic acids is 1. The van der Waals surface area contributed by atoms with Crippen LogP contribution in [-0.2, 0) is 5.41 Å². The van der Waals surface area contributed by atoms with E-state index in [1.807, 2.05) is 13.0 Å². The third-order valence-electron chi connectivity index (χ3n) is 7.82. The summed E-state index contributed by atoms with van der Waals surface area (Å²) in [5.41, 5.74) is 1.47. The lowest BCUT2D eigenvalue weighted by Crippen LogP contribution is -2.47. The number of halogens is 2. The molecule has 1 aliphatic rings. The topological polar surface area (TPSA) is 79.2 Å². The number of nitrogens with zero attached hydrogens (tertiary/aromatic N) is 4. The Morgan fingerprint density at radius 1 is 1.11 bits per heavy atom. The minimum Gasteiger partial charge on any atom is -0.395 e. The van der Waals surface area contributed by atoms with E-state index in [4.69, 9.17) is 4.98 Å². The zero-order valence-electron chi connectivity index (χ0n) is 21.3. The number of rotatable bonds is 6. The van der Waals surface area contributed by atoms with Gasteiger partial charge in [0.15, 0.2) is 0 Å². The Hall–Kier alpha value is -3.26. The molecule has 0 unspecified atom stereocenters. The molecule has 0 spiro atoms. The molecule has 190 valence electrons. The van der Waals surface area contributed by atoms with E-state index in [0.29, 0.717) is 11.4 Å². The van der Waals surface area contributed by atoms with E-state index < -0.39 is 17.0 Å². The minimum atomic E-state index is -0.723. The lowest BCUT2D eigenvalue weighted by atomic mass is 9.54. The maximum atomic E-state index is 14.6. The molecule has 2 aromatic heterocycles. The molecule has 0 radical (unpaired) electrons. The van der Waals surface area contributed by atoms with Gasteiger partial charge in [0.05, 0.1) is 34.7 Å². The van der Waals surface area contributed by atoms with Gasteiger partial charge in [0, 0.05) is 13.6 Å². The van der Waals surface area contributed by atoms with Gasteiger partial charge in [-0.1, -0.05) is 32.9 Å². The Balaban J connectivity index is 1.89. The van der Waals surface area contributed by atoms with Crippen LogP contribution in [0, 0.1) is 17.0 Å². The van der Waals surface area contributed by atoms with Crippen molar-refractivity contribution in [3.63, 3.8) is 0 Å². The van der Waals surface area contributed by atoms with E-state index in [2.05, 4.69) is 31.0 Å². The van der Waals surface area contributed by atoms with Crippen molar-refractivity contribution in [1.29, 1.82) is 0 Å². The largest absolute Gasteiger partial charge is 0.395 e. The van der Waals surface area contributed by atoms with Gasteiger partial charge in [-0.25, -0.2) is 13.8 Å². The third-order valence-corrected chi connectivity index (χ3v) is 7.82. The smallest absolute Gasteiger partial charge is 0.272 e. The van der Waals surface area contributed by atoms with Crippen LogP contribution in [0.25, 0.3) is 11.3 Å². The summed E-state index contributed by atoms with van der Waals surface area (Å²) in [6, 6.07) is 10.8. The van der Waals surface area contributed by atoms with Gasteiger partial charge in [0.2, 0.25) is 0 Å². The summed E-state index contributed by atoms with van der Waals surface area (Å²) in [4.78, 5) is 19.1. The van der Waals surface area contributed by atoms with E-state index in [-0.39, 0.29) is 47.3 Å². The SMILES string of the molecule is CC[C@@H]1CC(C)(C)[C@@](C)(c2cccc(C(=O)N(C)CCO)n2)c2nnc(-c3c(F)cccc3F)cc21. The minimum absolute atomic E-state index is 0.118. The summed E-state index contributed by atoms with van der Waals surface area (Å²) in [6.45, 7) is 8.50. The molecule has 0 fully saturated rings. The van der Waals surface area contributed by atoms with Gasteiger partial charge in [0.1, 0.15) is 17.3 Å². The first-order valence-electron chi connectivity index (χ1n) is 12.2. The number of hydrogen-bond acceptors (Lipinski definition) is 5. The number of carbonyl (C=O) groups is 1. The number of fused-ring (bicyclic) bond motifs is 1. The van der Waals surface area contributed by atoms with Gasteiger partial charge in [-0.05, 0) is 67.0 Å². The first kappa shape index (κ1) is 25.8. The monoisotopic (exact) mass is 494 g/mol. The Bertz CT molecular complexity index is 1280.